The minimum Gasteiger partial charge on any atom is -0.507 e. The quantitative estimate of drug-likeness (QED) is 0.712. The molecule has 3 N–H and O–H groups in total. The van der Waals surface area contributed by atoms with Gasteiger partial charge in [0.15, 0.2) is 0 Å². The molecule has 0 aliphatic heterocycles. The fraction of sp³-hybridized carbons (Fsp3) is 0. The number of aromatic carboxylic acids is 1. The lowest BCUT2D eigenvalue weighted by molar-refractivity contribution is 0.0693. The molecule has 1 aliphatic rings. The third kappa shape index (κ3) is 2.35. The fourth-order valence-corrected chi connectivity index (χ4v) is 1.44. The van der Waals surface area contributed by atoms with E-state index in [1.165, 1.54) is 12.1 Å². The number of ether oxygens (including phenoxy) is 1. The summed E-state index contributed by atoms with van der Waals surface area (Å²) in [4.78, 5) is 10.7. The van der Waals surface area contributed by atoms with Crippen LogP contribution in [0.25, 0.3) is 0 Å². The number of phenols is 1. The number of benzene rings is 1. The minimum atomic E-state index is -1.23. The predicted octanol–water partition coefficient (Wildman–Crippen LogP) is 2.36. The molecular formula is C13H10O5. The van der Waals surface area contributed by atoms with Gasteiger partial charge >= 0.3 is 5.97 Å². The molecule has 1 aromatic carbocycles. The van der Waals surface area contributed by atoms with Crippen LogP contribution in [0, 0.1) is 0 Å². The van der Waals surface area contributed by atoms with Gasteiger partial charge < -0.3 is 20.1 Å². The Bertz CT molecular complexity index is 567. The van der Waals surface area contributed by atoms with Crippen molar-refractivity contribution >= 4 is 5.97 Å². The van der Waals surface area contributed by atoms with Crippen molar-refractivity contribution in [2.45, 2.75) is 0 Å². The van der Waals surface area contributed by atoms with Crippen LogP contribution in [0.2, 0.25) is 0 Å². The molecule has 5 heteroatoms. The van der Waals surface area contributed by atoms with E-state index < -0.39 is 11.7 Å². The first kappa shape index (κ1) is 11.8. The largest absolute Gasteiger partial charge is 0.507 e. The molecule has 2 rings (SSSR count). The van der Waals surface area contributed by atoms with Crippen molar-refractivity contribution in [1.82, 2.24) is 0 Å². The molecule has 0 heterocycles. The predicted molar refractivity (Wildman–Crippen MR) is 63.6 cm³/mol. The molecule has 0 atom stereocenters. The van der Waals surface area contributed by atoms with Gasteiger partial charge in [-0.3, -0.25) is 0 Å². The standard InChI is InChI=1S/C13H10O5/c14-11-7-9(5-6-10(11)12(15)16)18-13(17)8-3-1-2-4-8/h1-7,14,17H,(H,15,16). The molecule has 0 aromatic heterocycles. The number of carboxylic acid groups (broad SMARTS) is 1. The lowest BCUT2D eigenvalue weighted by Crippen LogP contribution is -1.99. The van der Waals surface area contributed by atoms with Crippen molar-refractivity contribution in [2.75, 3.05) is 0 Å². The van der Waals surface area contributed by atoms with Gasteiger partial charge in [0, 0.05) is 6.07 Å². The van der Waals surface area contributed by atoms with E-state index in [-0.39, 0.29) is 17.3 Å². The third-order valence-electron chi connectivity index (χ3n) is 2.32. The van der Waals surface area contributed by atoms with Gasteiger partial charge in [-0.05, 0) is 24.3 Å². The Balaban J connectivity index is 2.23. The number of rotatable bonds is 3. The summed E-state index contributed by atoms with van der Waals surface area (Å²) in [5, 5.41) is 27.8. The van der Waals surface area contributed by atoms with Crippen molar-refractivity contribution in [3.05, 3.63) is 59.6 Å². The Morgan fingerprint density at radius 3 is 2.33 bits per heavy atom. The van der Waals surface area contributed by atoms with E-state index in [0.717, 1.165) is 6.07 Å². The number of aliphatic hydroxyl groups is 1. The molecule has 0 radical (unpaired) electrons. The van der Waals surface area contributed by atoms with Crippen LogP contribution in [0.5, 0.6) is 11.5 Å². The van der Waals surface area contributed by atoms with Crippen LogP contribution < -0.4 is 4.74 Å². The van der Waals surface area contributed by atoms with Crippen molar-refractivity contribution in [1.29, 1.82) is 0 Å². The molecule has 0 bridgehead atoms. The highest BCUT2D eigenvalue weighted by molar-refractivity contribution is 5.90. The first-order valence-corrected chi connectivity index (χ1v) is 5.10. The van der Waals surface area contributed by atoms with E-state index in [1.807, 2.05) is 0 Å². The highest BCUT2D eigenvalue weighted by Gasteiger charge is 2.12. The Morgan fingerprint density at radius 2 is 1.78 bits per heavy atom. The van der Waals surface area contributed by atoms with E-state index in [1.54, 1.807) is 24.3 Å². The number of aliphatic hydroxyl groups excluding tert-OH is 1. The zero-order valence-electron chi connectivity index (χ0n) is 9.20. The molecule has 0 saturated heterocycles. The first-order valence-electron chi connectivity index (χ1n) is 5.10. The number of hydrogen-bond acceptors (Lipinski definition) is 4. The average Bonchev–Trinajstić information content (AvgIpc) is 2.81. The van der Waals surface area contributed by atoms with Gasteiger partial charge in [0.2, 0.25) is 0 Å². The van der Waals surface area contributed by atoms with Crippen molar-refractivity contribution in [3.63, 3.8) is 0 Å². The molecule has 92 valence electrons. The summed E-state index contributed by atoms with van der Waals surface area (Å²) in [6.45, 7) is 0. The molecule has 0 amide bonds. The van der Waals surface area contributed by atoms with Crippen LogP contribution in [0.15, 0.2) is 54.0 Å². The molecule has 18 heavy (non-hydrogen) atoms. The third-order valence-corrected chi connectivity index (χ3v) is 2.32. The van der Waals surface area contributed by atoms with Crippen LogP contribution in [-0.4, -0.2) is 21.3 Å². The summed E-state index contributed by atoms with van der Waals surface area (Å²) >= 11 is 0. The summed E-state index contributed by atoms with van der Waals surface area (Å²) in [5.41, 5.74) is 0.270. The molecule has 0 saturated carbocycles. The second-order valence-electron chi connectivity index (χ2n) is 3.56. The minimum absolute atomic E-state index is 0.149. The topological polar surface area (TPSA) is 87.0 Å². The van der Waals surface area contributed by atoms with Crippen molar-refractivity contribution in [3.8, 4) is 11.5 Å². The van der Waals surface area contributed by atoms with Crippen LogP contribution >= 0.6 is 0 Å². The normalized spacial score (nSPS) is 12.8. The molecule has 0 unspecified atom stereocenters. The Hall–Kier alpha value is -2.69. The summed E-state index contributed by atoms with van der Waals surface area (Å²) in [6, 6.07) is 3.68. The van der Waals surface area contributed by atoms with Crippen LogP contribution in [-0.2, 0) is 0 Å². The van der Waals surface area contributed by atoms with E-state index in [9.17, 15) is 15.0 Å². The zero-order valence-corrected chi connectivity index (χ0v) is 9.20. The Morgan fingerprint density at radius 1 is 1.11 bits per heavy atom. The summed E-state index contributed by atoms with van der Waals surface area (Å²) < 4.78 is 5.09. The van der Waals surface area contributed by atoms with Crippen molar-refractivity contribution in [2.24, 2.45) is 0 Å². The lowest BCUT2D eigenvalue weighted by Gasteiger charge is -2.07. The lowest BCUT2D eigenvalue weighted by atomic mass is 10.2. The van der Waals surface area contributed by atoms with E-state index in [4.69, 9.17) is 9.84 Å². The monoisotopic (exact) mass is 246 g/mol. The van der Waals surface area contributed by atoms with E-state index in [2.05, 4.69) is 0 Å². The fourth-order valence-electron chi connectivity index (χ4n) is 1.44. The summed E-state index contributed by atoms with van der Waals surface area (Å²) in [7, 11) is 0. The highest BCUT2D eigenvalue weighted by atomic mass is 16.6. The number of carbonyl (C=O) groups is 1. The Kier molecular flexibility index (Phi) is 3.05. The highest BCUT2D eigenvalue weighted by Crippen LogP contribution is 2.25. The first-order chi connectivity index (χ1) is 8.58. The molecule has 0 spiro atoms. The van der Waals surface area contributed by atoms with Gasteiger partial charge in [0.25, 0.3) is 5.95 Å². The van der Waals surface area contributed by atoms with E-state index in [0.29, 0.717) is 5.57 Å². The van der Waals surface area contributed by atoms with Gasteiger partial charge in [-0.2, -0.15) is 0 Å². The van der Waals surface area contributed by atoms with Gasteiger partial charge in [-0.15, -0.1) is 0 Å². The second-order valence-corrected chi connectivity index (χ2v) is 3.56. The Labute approximate surface area is 103 Å². The second kappa shape index (κ2) is 4.67. The average molecular weight is 246 g/mol. The van der Waals surface area contributed by atoms with Crippen LogP contribution in [0.3, 0.4) is 0 Å². The number of hydrogen-bond donors (Lipinski definition) is 3. The van der Waals surface area contributed by atoms with Crippen LogP contribution in [0.4, 0.5) is 0 Å². The summed E-state index contributed by atoms with van der Waals surface area (Å²) in [5.74, 6) is -1.82. The molecule has 5 nitrogen and oxygen atoms in total. The van der Waals surface area contributed by atoms with Gasteiger partial charge in [-0.25, -0.2) is 4.79 Å². The van der Waals surface area contributed by atoms with E-state index >= 15 is 0 Å². The molecule has 0 fully saturated rings. The maximum absolute atomic E-state index is 10.7. The van der Waals surface area contributed by atoms with Gasteiger partial charge in [-0.1, -0.05) is 12.2 Å². The summed E-state index contributed by atoms with van der Waals surface area (Å²) in [6.07, 6.45) is 6.78. The van der Waals surface area contributed by atoms with Crippen LogP contribution in [0.1, 0.15) is 10.4 Å². The number of allylic oxidation sites excluding steroid dienone is 5. The van der Waals surface area contributed by atoms with Crippen molar-refractivity contribution < 1.29 is 24.9 Å². The maximum atomic E-state index is 10.7. The van der Waals surface area contributed by atoms with Gasteiger partial charge in [0.1, 0.15) is 17.1 Å². The molecule has 1 aliphatic carbocycles. The SMILES string of the molecule is O=C(O)c1ccc(OC(O)=C2C=CC=C2)cc1O. The number of aromatic hydroxyl groups is 1. The molecular weight excluding hydrogens is 236 g/mol. The maximum Gasteiger partial charge on any atom is 0.339 e. The molecule has 1 aromatic rings. The van der Waals surface area contributed by atoms with Gasteiger partial charge in [0.05, 0.1) is 5.57 Å². The number of carboxylic acids is 1. The smallest absolute Gasteiger partial charge is 0.339 e. The zero-order chi connectivity index (χ0) is 13.1.